The Morgan fingerprint density at radius 2 is 2.06 bits per heavy atom. The third-order valence-corrected chi connectivity index (χ3v) is 4.62. The van der Waals surface area contributed by atoms with Gasteiger partial charge in [-0.25, -0.2) is 0 Å². The molecule has 1 fully saturated rings. The summed E-state index contributed by atoms with van der Waals surface area (Å²) in [7, 11) is 0. The van der Waals surface area contributed by atoms with Crippen LogP contribution in [0.1, 0.15) is 46.0 Å². The fourth-order valence-electron chi connectivity index (χ4n) is 1.92. The number of thioether (sulfide) groups is 1. The van der Waals surface area contributed by atoms with Crippen molar-refractivity contribution in [2.75, 3.05) is 19.3 Å². The van der Waals surface area contributed by atoms with Gasteiger partial charge in [0.15, 0.2) is 0 Å². The van der Waals surface area contributed by atoms with Gasteiger partial charge < -0.3 is 10.6 Å². The highest BCUT2D eigenvalue weighted by atomic mass is 32.2. The first-order valence-corrected chi connectivity index (χ1v) is 7.84. The lowest BCUT2D eigenvalue weighted by atomic mass is 10.0. The highest BCUT2D eigenvalue weighted by Crippen LogP contribution is 2.19. The molecule has 0 aromatic rings. The van der Waals surface area contributed by atoms with E-state index in [2.05, 4.69) is 30.7 Å². The fraction of sp³-hybridized carbons (Fsp3) is 0.923. The van der Waals surface area contributed by atoms with Gasteiger partial charge in [-0.2, -0.15) is 11.8 Å². The standard InChI is InChI=1S/C13H26N2OS/c1-13(2,17-3)10-15-12(16)11-8-6-4-5-7-9-14-11/h11,14H,4-10H2,1-3H3,(H,15,16). The molecule has 0 aliphatic carbocycles. The molecule has 1 unspecified atom stereocenters. The smallest absolute Gasteiger partial charge is 0.237 e. The van der Waals surface area contributed by atoms with Crippen molar-refractivity contribution in [3.05, 3.63) is 0 Å². The molecule has 1 saturated heterocycles. The minimum absolute atomic E-state index is 0.0213. The molecule has 0 spiro atoms. The van der Waals surface area contributed by atoms with Crippen LogP contribution in [-0.2, 0) is 4.79 Å². The summed E-state index contributed by atoms with van der Waals surface area (Å²) in [5, 5.41) is 6.43. The molecule has 0 aromatic carbocycles. The van der Waals surface area contributed by atoms with Crippen molar-refractivity contribution >= 4 is 17.7 Å². The van der Waals surface area contributed by atoms with Crippen molar-refractivity contribution in [2.24, 2.45) is 0 Å². The quantitative estimate of drug-likeness (QED) is 0.812. The monoisotopic (exact) mass is 258 g/mol. The average molecular weight is 258 g/mol. The maximum Gasteiger partial charge on any atom is 0.237 e. The van der Waals surface area contributed by atoms with Gasteiger partial charge in [0.2, 0.25) is 5.91 Å². The maximum absolute atomic E-state index is 12.0. The van der Waals surface area contributed by atoms with Gasteiger partial charge in [-0.05, 0) is 39.5 Å². The van der Waals surface area contributed by atoms with Gasteiger partial charge >= 0.3 is 0 Å². The van der Waals surface area contributed by atoms with Gasteiger partial charge in [-0.15, -0.1) is 0 Å². The Kier molecular flexibility index (Phi) is 6.34. The Labute approximate surface area is 109 Å². The Morgan fingerprint density at radius 3 is 2.76 bits per heavy atom. The van der Waals surface area contributed by atoms with Crippen LogP contribution < -0.4 is 10.6 Å². The number of carbonyl (C=O) groups is 1. The average Bonchev–Trinajstić information content (AvgIpc) is 2.26. The summed E-state index contributed by atoms with van der Waals surface area (Å²) in [5.74, 6) is 0.175. The molecule has 1 atom stereocenters. The second-order valence-corrected chi connectivity index (χ2v) is 6.90. The van der Waals surface area contributed by atoms with E-state index in [0.717, 1.165) is 25.9 Å². The molecule has 0 bridgehead atoms. The third kappa shape index (κ3) is 5.77. The fourth-order valence-corrected chi connectivity index (χ4v) is 2.14. The number of hydrogen-bond donors (Lipinski definition) is 2. The SMILES string of the molecule is CSC(C)(C)CNC(=O)C1CCCCCCN1. The van der Waals surface area contributed by atoms with E-state index >= 15 is 0 Å². The Morgan fingerprint density at radius 1 is 1.35 bits per heavy atom. The maximum atomic E-state index is 12.0. The van der Waals surface area contributed by atoms with Gasteiger partial charge in [0.05, 0.1) is 6.04 Å². The Hall–Kier alpha value is -0.220. The summed E-state index contributed by atoms with van der Waals surface area (Å²) in [4.78, 5) is 12.0. The van der Waals surface area contributed by atoms with E-state index in [1.807, 2.05) is 0 Å². The minimum atomic E-state index is 0.0213. The summed E-state index contributed by atoms with van der Waals surface area (Å²) in [6, 6.07) is 0.0213. The van der Waals surface area contributed by atoms with Gasteiger partial charge in [-0.3, -0.25) is 4.79 Å². The summed E-state index contributed by atoms with van der Waals surface area (Å²) in [5.41, 5.74) is 0. The molecule has 17 heavy (non-hydrogen) atoms. The van der Waals surface area contributed by atoms with Crippen LogP contribution in [0.2, 0.25) is 0 Å². The normalized spacial score (nSPS) is 22.6. The third-order valence-electron chi connectivity index (χ3n) is 3.37. The van der Waals surface area contributed by atoms with Crippen LogP contribution in [0.25, 0.3) is 0 Å². The molecule has 4 heteroatoms. The number of rotatable bonds is 4. The van der Waals surface area contributed by atoms with Crippen molar-refractivity contribution < 1.29 is 4.79 Å². The van der Waals surface area contributed by atoms with Crippen molar-refractivity contribution in [1.82, 2.24) is 10.6 Å². The molecule has 0 saturated carbocycles. The topological polar surface area (TPSA) is 41.1 Å². The largest absolute Gasteiger partial charge is 0.353 e. The van der Waals surface area contributed by atoms with Crippen molar-refractivity contribution in [2.45, 2.75) is 56.7 Å². The first-order valence-electron chi connectivity index (χ1n) is 6.61. The number of amides is 1. The lowest BCUT2D eigenvalue weighted by molar-refractivity contribution is -0.123. The van der Waals surface area contributed by atoms with Crippen LogP contribution in [0, 0.1) is 0 Å². The van der Waals surface area contributed by atoms with Gasteiger partial charge in [0.1, 0.15) is 0 Å². The van der Waals surface area contributed by atoms with E-state index < -0.39 is 0 Å². The highest BCUT2D eigenvalue weighted by molar-refractivity contribution is 7.99. The minimum Gasteiger partial charge on any atom is -0.353 e. The number of hydrogen-bond acceptors (Lipinski definition) is 3. The molecule has 3 nitrogen and oxygen atoms in total. The number of nitrogens with one attached hydrogen (secondary N) is 2. The Balaban J connectivity index is 2.34. The van der Waals surface area contributed by atoms with E-state index in [-0.39, 0.29) is 16.7 Å². The van der Waals surface area contributed by atoms with Crippen LogP contribution >= 0.6 is 11.8 Å². The highest BCUT2D eigenvalue weighted by Gasteiger charge is 2.22. The van der Waals surface area contributed by atoms with Crippen molar-refractivity contribution in [3.63, 3.8) is 0 Å². The van der Waals surface area contributed by atoms with Gasteiger partial charge in [0, 0.05) is 11.3 Å². The van der Waals surface area contributed by atoms with Crippen molar-refractivity contribution in [1.29, 1.82) is 0 Å². The predicted octanol–water partition coefficient (Wildman–Crippen LogP) is 2.17. The predicted molar refractivity (Wildman–Crippen MR) is 75.5 cm³/mol. The number of carbonyl (C=O) groups excluding carboxylic acids is 1. The van der Waals surface area contributed by atoms with Crippen LogP contribution in [0.3, 0.4) is 0 Å². The lowest BCUT2D eigenvalue weighted by Gasteiger charge is -2.25. The molecule has 2 N–H and O–H groups in total. The molecule has 1 aliphatic rings. The lowest BCUT2D eigenvalue weighted by Crippen LogP contribution is -2.48. The van der Waals surface area contributed by atoms with Crippen LogP contribution in [0.5, 0.6) is 0 Å². The second kappa shape index (κ2) is 7.27. The first kappa shape index (κ1) is 14.8. The van der Waals surface area contributed by atoms with E-state index in [4.69, 9.17) is 0 Å². The summed E-state index contributed by atoms with van der Waals surface area (Å²) < 4.78 is 0.122. The molecule has 0 radical (unpaired) electrons. The zero-order valence-corrected chi connectivity index (χ0v) is 12.2. The molecule has 1 amide bonds. The molecule has 0 aromatic heterocycles. The molecule has 1 rings (SSSR count). The van der Waals surface area contributed by atoms with Crippen LogP contribution in [-0.4, -0.2) is 36.0 Å². The van der Waals surface area contributed by atoms with E-state index in [1.54, 1.807) is 11.8 Å². The second-order valence-electron chi connectivity index (χ2n) is 5.39. The van der Waals surface area contributed by atoms with Gasteiger partial charge in [-0.1, -0.05) is 19.3 Å². The summed E-state index contributed by atoms with van der Waals surface area (Å²) >= 11 is 1.79. The Bertz CT molecular complexity index is 236. The van der Waals surface area contributed by atoms with Gasteiger partial charge in [0.25, 0.3) is 0 Å². The van der Waals surface area contributed by atoms with E-state index in [0.29, 0.717) is 0 Å². The molecule has 100 valence electrons. The summed E-state index contributed by atoms with van der Waals surface area (Å²) in [6.07, 6.45) is 7.98. The van der Waals surface area contributed by atoms with E-state index in [9.17, 15) is 4.79 Å². The van der Waals surface area contributed by atoms with E-state index in [1.165, 1.54) is 19.3 Å². The zero-order valence-electron chi connectivity index (χ0n) is 11.3. The molecular weight excluding hydrogens is 232 g/mol. The van der Waals surface area contributed by atoms with Crippen molar-refractivity contribution in [3.8, 4) is 0 Å². The molecule has 1 heterocycles. The van der Waals surface area contributed by atoms with Crippen LogP contribution in [0.4, 0.5) is 0 Å². The zero-order chi connectivity index (χ0) is 12.7. The molecular formula is C13H26N2OS. The van der Waals surface area contributed by atoms with Crippen LogP contribution in [0.15, 0.2) is 0 Å². The summed E-state index contributed by atoms with van der Waals surface area (Å²) in [6.45, 7) is 6.03. The molecule has 1 aliphatic heterocycles. The first-order chi connectivity index (χ1) is 8.05.